The van der Waals surface area contributed by atoms with Crippen molar-refractivity contribution in [1.29, 1.82) is 0 Å². The summed E-state index contributed by atoms with van der Waals surface area (Å²) < 4.78 is 0. The molecule has 0 spiro atoms. The zero-order valence-electron chi connectivity index (χ0n) is 9.51. The molecule has 0 radical (unpaired) electrons. The van der Waals surface area contributed by atoms with Gasteiger partial charge in [-0.2, -0.15) is 0 Å². The van der Waals surface area contributed by atoms with Gasteiger partial charge in [-0.1, -0.05) is 25.1 Å². The molecular weight excluding hydrogens is 222 g/mol. The highest BCUT2D eigenvalue weighted by Gasteiger charge is 2.20. The first-order valence-corrected chi connectivity index (χ1v) is 5.32. The summed E-state index contributed by atoms with van der Waals surface area (Å²) in [6.45, 7) is 1.28. The van der Waals surface area contributed by atoms with Crippen molar-refractivity contribution < 1.29 is 19.8 Å². The van der Waals surface area contributed by atoms with Gasteiger partial charge in [-0.15, -0.1) is 0 Å². The first-order valence-electron chi connectivity index (χ1n) is 5.32. The third kappa shape index (κ3) is 3.29. The number of benzene rings is 1. The van der Waals surface area contributed by atoms with E-state index in [0.717, 1.165) is 5.56 Å². The molecule has 0 aromatic heterocycles. The highest BCUT2D eigenvalue weighted by Crippen LogP contribution is 2.09. The number of hydrogen-bond donors (Lipinski definition) is 3. The van der Waals surface area contributed by atoms with Gasteiger partial charge < -0.3 is 15.5 Å². The van der Waals surface area contributed by atoms with Crippen LogP contribution in [-0.2, 0) is 11.2 Å². The molecule has 3 N–H and O–H groups in total. The Morgan fingerprint density at radius 3 is 2.53 bits per heavy atom. The highest BCUT2D eigenvalue weighted by atomic mass is 16.4. The van der Waals surface area contributed by atoms with Crippen molar-refractivity contribution in [3.8, 4) is 0 Å². The first kappa shape index (κ1) is 13.2. The van der Waals surface area contributed by atoms with E-state index in [4.69, 9.17) is 10.2 Å². The third-order valence-electron chi connectivity index (χ3n) is 2.43. The Morgan fingerprint density at radius 1 is 1.35 bits per heavy atom. The number of aliphatic carboxylic acids is 1. The maximum atomic E-state index is 11.8. The van der Waals surface area contributed by atoms with Gasteiger partial charge in [0.25, 0.3) is 5.91 Å². The van der Waals surface area contributed by atoms with E-state index in [0.29, 0.717) is 12.0 Å². The summed E-state index contributed by atoms with van der Waals surface area (Å²) in [5, 5.41) is 19.8. The molecule has 0 fully saturated rings. The Morgan fingerprint density at radius 2 is 2.00 bits per heavy atom. The number of carboxylic acid groups (broad SMARTS) is 1. The maximum Gasteiger partial charge on any atom is 0.328 e. The van der Waals surface area contributed by atoms with Gasteiger partial charge in [-0.25, -0.2) is 4.79 Å². The van der Waals surface area contributed by atoms with Crippen LogP contribution in [0.5, 0.6) is 0 Å². The van der Waals surface area contributed by atoms with Crippen molar-refractivity contribution in [3.63, 3.8) is 0 Å². The summed E-state index contributed by atoms with van der Waals surface area (Å²) in [7, 11) is 0. The van der Waals surface area contributed by atoms with Gasteiger partial charge in [0, 0.05) is 5.56 Å². The molecule has 5 nitrogen and oxygen atoms in total. The van der Waals surface area contributed by atoms with E-state index < -0.39 is 24.5 Å². The lowest BCUT2D eigenvalue weighted by molar-refractivity contribution is -0.140. The lowest BCUT2D eigenvalue weighted by Crippen LogP contribution is -2.43. The number of rotatable bonds is 5. The topological polar surface area (TPSA) is 86.6 Å². The summed E-state index contributed by atoms with van der Waals surface area (Å²) >= 11 is 0. The van der Waals surface area contributed by atoms with Crippen molar-refractivity contribution in [2.24, 2.45) is 0 Å². The largest absolute Gasteiger partial charge is 0.480 e. The molecule has 0 bridgehead atoms. The average Bonchev–Trinajstić information content (AvgIpc) is 2.35. The Kier molecular flexibility index (Phi) is 4.66. The van der Waals surface area contributed by atoms with Crippen molar-refractivity contribution in [2.45, 2.75) is 19.4 Å². The quantitative estimate of drug-likeness (QED) is 0.693. The van der Waals surface area contributed by atoms with E-state index in [1.807, 2.05) is 19.1 Å². The van der Waals surface area contributed by atoms with Gasteiger partial charge in [0.15, 0.2) is 6.04 Å². The fourth-order valence-electron chi connectivity index (χ4n) is 1.47. The van der Waals surface area contributed by atoms with E-state index >= 15 is 0 Å². The predicted octanol–water partition coefficient (Wildman–Crippen LogP) is 0.424. The molecule has 0 aliphatic carbocycles. The lowest BCUT2D eigenvalue weighted by Gasteiger charge is -2.13. The average molecular weight is 237 g/mol. The fraction of sp³-hybridized carbons (Fsp3) is 0.333. The second-order valence-corrected chi connectivity index (χ2v) is 3.56. The highest BCUT2D eigenvalue weighted by molar-refractivity contribution is 5.97. The number of carbonyl (C=O) groups excluding carboxylic acids is 1. The Bertz CT molecular complexity index is 417. The second kappa shape index (κ2) is 6.00. The molecule has 1 amide bonds. The van der Waals surface area contributed by atoms with E-state index in [-0.39, 0.29) is 0 Å². The van der Waals surface area contributed by atoms with Crippen LogP contribution in [0.25, 0.3) is 0 Å². The summed E-state index contributed by atoms with van der Waals surface area (Å²) in [5.41, 5.74) is 1.28. The van der Waals surface area contributed by atoms with E-state index in [9.17, 15) is 9.59 Å². The Labute approximate surface area is 99.1 Å². The van der Waals surface area contributed by atoms with Gasteiger partial charge in [-0.3, -0.25) is 4.79 Å². The second-order valence-electron chi connectivity index (χ2n) is 3.56. The fourth-order valence-corrected chi connectivity index (χ4v) is 1.47. The van der Waals surface area contributed by atoms with Crippen molar-refractivity contribution in [1.82, 2.24) is 5.32 Å². The van der Waals surface area contributed by atoms with E-state index in [1.54, 1.807) is 12.1 Å². The summed E-state index contributed by atoms with van der Waals surface area (Å²) in [5.74, 6) is -1.74. The molecule has 1 aromatic carbocycles. The molecular formula is C12H15NO4. The minimum absolute atomic E-state index is 0.440. The molecule has 1 rings (SSSR count). The minimum atomic E-state index is -1.27. The van der Waals surface area contributed by atoms with E-state index in [2.05, 4.69) is 5.32 Å². The van der Waals surface area contributed by atoms with Crippen LogP contribution < -0.4 is 5.32 Å². The van der Waals surface area contributed by atoms with Crippen molar-refractivity contribution >= 4 is 11.9 Å². The normalized spacial score (nSPS) is 11.9. The molecule has 0 heterocycles. The molecule has 17 heavy (non-hydrogen) atoms. The Hall–Kier alpha value is -1.88. The molecule has 1 unspecified atom stereocenters. The summed E-state index contributed by atoms with van der Waals surface area (Å²) in [6.07, 6.45) is 0.681. The van der Waals surface area contributed by atoms with Crippen LogP contribution in [0.3, 0.4) is 0 Å². The SMILES string of the molecule is CCc1ccccc1C(=O)NC(CO)C(=O)O. The number of amides is 1. The van der Waals surface area contributed by atoms with Crippen molar-refractivity contribution in [2.75, 3.05) is 6.61 Å². The lowest BCUT2D eigenvalue weighted by atomic mass is 10.0. The monoisotopic (exact) mass is 237 g/mol. The van der Waals surface area contributed by atoms with Crippen LogP contribution in [0.15, 0.2) is 24.3 Å². The van der Waals surface area contributed by atoms with Crippen LogP contribution in [0.4, 0.5) is 0 Å². The van der Waals surface area contributed by atoms with Crippen LogP contribution in [-0.4, -0.2) is 34.7 Å². The number of carboxylic acids is 1. The van der Waals surface area contributed by atoms with Crippen LogP contribution in [0.1, 0.15) is 22.8 Å². The number of aliphatic hydroxyl groups is 1. The molecule has 0 saturated heterocycles. The van der Waals surface area contributed by atoms with Gasteiger partial charge in [0.2, 0.25) is 0 Å². The number of carbonyl (C=O) groups is 2. The standard InChI is InChI=1S/C12H15NO4/c1-2-8-5-3-4-6-9(8)11(15)13-10(7-14)12(16)17/h3-6,10,14H,2,7H2,1H3,(H,13,15)(H,16,17). The van der Waals surface area contributed by atoms with Crippen LogP contribution in [0, 0.1) is 0 Å². The molecule has 1 atom stereocenters. The van der Waals surface area contributed by atoms with Gasteiger partial charge >= 0.3 is 5.97 Å². The van der Waals surface area contributed by atoms with Crippen LogP contribution in [0.2, 0.25) is 0 Å². The molecule has 1 aromatic rings. The minimum Gasteiger partial charge on any atom is -0.480 e. The number of aryl methyl sites for hydroxylation is 1. The van der Waals surface area contributed by atoms with Crippen LogP contribution >= 0.6 is 0 Å². The molecule has 0 saturated carbocycles. The molecule has 92 valence electrons. The summed E-state index contributed by atoms with van der Waals surface area (Å²) in [6, 6.07) is 5.69. The van der Waals surface area contributed by atoms with Gasteiger partial charge in [-0.05, 0) is 18.1 Å². The number of hydrogen-bond acceptors (Lipinski definition) is 3. The van der Waals surface area contributed by atoms with Crippen molar-refractivity contribution in [3.05, 3.63) is 35.4 Å². The molecule has 5 heteroatoms. The predicted molar refractivity (Wildman–Crippen MR) is 61.8 cm³/mol. The smallest absolute Gasteiger partial charge is 0.328 e. The molecule has 0 aliphatic heterocycles. The summed E-state index contributed by atoms with van der Waals surface area (Å²) in [4.78, 5) is 22.5. The third-order valence-corrected chi connectivity index (χ3v) is 2.43. The number of nitrogens with one attached hydrogen (secondary N) is 1. The zero-order chi connectivity index (χ0) is 12.8. The first-order chi connectivity index (χ1) is 8.10. The maximum absolute atomic E-state index is 11.8. The number of aliphatic hydroxyl groups excluding tert-OH is 1. The van der Waals surface area contributed by atoms with E-state index in [1.165, 1.54) is 0 Å². The zero-order valence-corrected chi connectivity index (χ0v) is 9.51. The van der Waals surface area contributed by atoms with Gasteiger partial charge in [0.1, 0.15) is 0 Å². The molecule has 0 aliphatic rings. The van der Waals surface area contributed by atoms with Gasteiger partial charge in [0.05, 0.1) is 6.61 Å². The Balaban J connectivity index is 2.86.